The van der Waals surface area contributed by atoms with Gasteiger partial charge in [-0.2, -0.15) is 4.31 Å². The van der Waals surface area contributed by atoms with Gasteiger partial charge < -0.3 is 4.57 Å². The molecule has 0 amide bonds. The van der Waals surface area contributed by atoms with E-state index >= 15 is 0 Å². The molecule has 1 aliphatic heterocycles. The lowest BCUT2D eigenvalue weighted by atomic mass is 10.1. The highest BCUT2D eigenvalue weighted by Crippen LogP contribution is 2.31. The molecule has 0 unspecified atom stereocenters. The van der Waals surface area contributed by atoms with Crippen molar-refractivity contribution in [2.75, 3.05) is 13.1 Å². The lowest BCUT2D eigenvalue weighted by Crippen LogP contribution is -2.38. The molecule has 1 aromatic heterocycles. The van der Waals surface area contributed by atoms with E-state index < -0.39 is 15.8 Å². The SMILES string of the molecule is Cc1cn(C2CCN(S(=O)(=O)c3ccc(F)cc3)CC2)c2ccccc12. The Kier molecular flexibility index (Phi) is 4.32. The minimum absolute atomic E-state index is 0.152. The number of aryl methyl sites for hydroxylation is 1. The average molecular weight is 372 g/mol. The molecule has 6 heteroatoms. The van der Waals surface area contributed by atoms with Crippen molar-refractivity contribution >= 4 is 20.9 Å². The topological polar surface area (TPSA) is 42.3 Å². The van der Waals surface area contributed by atoms with Gasteiger partial charge in [0, 0.05) is 36.2 Å². The Morgan fingerprint density at radius 1 is 1.00 bits per heavy atom. The fraction of sp³-hybridized carbons (Fsp3) is 0.300. The maximum atomic E-state index is 13.1. The summed E-state index contributed by atoms with van der Waals surface area (Å²) in [5.41, 5.74) is 2.44. The zero-order valence-electron chi connectivity index (χ0n) is 14.6. The molecular formula is C20H21FN2O2S. The molecule has 4 nitrogen and oxygen atoms in total. The molecule has 1 aliphatic rings. The van der Waals surface area contributed by atoms with Gasteiger partial charge in [0.25, 0.3) is 0 Å². The van der Waals surface area contributed by atoms with E-state index in [0.29, 0.717) is 13.1 Å². The smallest absolute Gasteiger partial charge is 0.243 e. The summed E-state index contributed by atoms with van der Waals surface area (Å²) < 4.78 is 42.4. The number of aromatic nitrogens is 1. The molecule has 0 bridgehead atoms. The zero-order valence-corrected chi connectivity index (χ0v) is 15.4. The maximum Gasteiger partial charge on any atom is 0.243 e. The predicted molar refractivity (Wildman–Crippen MR) is 100 cm³/mol. The Morgan fingerprint density at radius 3 is 2.35 bits per heavy atom. The van der Waals surface area contributed by atoms with Gasteiger partial charge in [0.1, 0.15) is 5.82 Å². The lowest BCUT2D eigenvalue weighted by Gasteiger charge is -2.32. The van der Waals surface area contributed by atoms with Crippen molar-refractivity contribution in [3.05, 3.63) is 66.1 Å². The third kappa shape index (κ3) is 2.93. The summed E-state index contributed by atoms with van der Waals surface area (Å²) in [7, 11) is -3.56. The van der Waals surface area contributed by atoms with Crippen LogP contribution in [-0.2, 0) is 10.0 Å². The number of halogens is 1. The third-order valence-electron chi connectivity index (χ3n) is 5.21. The monoisotopic (exact) mass is 372 g/mol. The van der Waals surface area contributed by atoms with Gasteiger partial charge in [-0.1, -0.05) is 18.2 Å². The number of rotatable bonds is 3. The van der Waals surface area contributed by atoms with Gasteiger partial charge >= 0.3 is 0 Å². The number of nitrogens with zero attached hydrogens (tertiary/aromatic N) is 2. The molecule has 0 radical (unpaired) electrons. The van der Waals surface area contributed by atoms with Gasteiger partial charge in [0.15, 0.2) is 0 Å². The van der Waals surface area contributed by atoms with Crippen LogP contribution in [0.5, 0.6) is 0 Å². The van der Waals surface area contributed by atoms with E-state index in [2.05, 4.69) is 29.8 Å². The van der Waals surface area contributed by atoms with Crippen molar-refractivity contribution < 1.29 is 12.8 Å². The summed E-state index contributed by atoms with van der Waals surface area (Å²) in [6, 6.07) is 13.6. The summed E-state index contributed by atoms with van der Waals surface area (Å²) in [5, 5.41) is 1.24. The van der Waals surface area contributed by atoms with Gasteiger partial charge in [-0.3, -0.25) is 0 Å². The van der Waals surface area contributed by atoms with E-state index in [-0.39, 0.29) is 10.9 Å². The van der Waals surface area contributed by atoms with E-state index in [9.17, 15) is 12.8 Å². The Bertz CT molecular complexity index is 1030. The normalized spacial score (nSPS) is 17.0. The van der Waals surface area contributed by atoms with Crippen LogP contribution in [0.15, 0.2) is 59.6 Å². The van der Waals surface area contributed by atoms with Crippen molar-refractivity contribution in [2.24, 2.45) is 0 Å². The highest BCUT2D eigenvalue weighted by Gasteiger charge is 2.30. The van der Waals surface area contributed by atoms with Crippen LogP contribution in [0, 0.1) is 12.7 Å². The van der Waals surface area contributed by atoms with Crippen LogP contribution < -0.4 is 0 Å². The summed E-state index contributed by atoms with van der Waals surface area (Å²) in [6.45, 7) is 3.04. The second kappa shape index (κ2) is 6.52. The molecule has 0 spiro atoms. The van der Waals surface area contributed by atoms with Gasteiger partial charge in [-0.15, -0.1) is 0 Å². The van der Waals surface area contributed by atoms with Crippen LogP contribution in [0.4, 0.5) is 4.39 Å². The minimum Gasteiger partial charge on any atom is -0.344 e. The van der Waals surface area contributed by atoms with Crippen molar-refractivity contribution in [2.45, 2.75) is 30.7 Å². The van der Waals surface area contributed by atoms with E-state index in [1.54, 1.807) is 0 Å². The Hall–Kier alpha value is -2.18. The standard InChI is InChI=1S/C20H21FN2O2S/c1-15-14-23(20-5-3-2-4-19(15)20)17-10-12-22(13-11-17)26(24,25)18-8-6-16(21)7-9-18/h2-9,14,17H,10-13H2,1H3. The number of benzene rings is 2. The Morgan fingerprint density at radius 2 is 1.65 bits per heavy atom. The fourth-order valence-electron chi connectivity index (χ4n) is 3.80. The Labute approximate surface area is 152 Å². The molecular weight excluding hydrogens is 351 g/mol. The molecule has 1 saturated heterocycles. The number of piperidine rings is 1. The number of sulfonamides is 1. The molecule has 1 fully saturated rings. The molecule has 136 valence electrons. The van der Waals surface area contributed by atoms with Gasteiger partial charge in [-0.05, 0) is 55.7 Å². The average Bonchev–Trinajstić information content (AvgIpc) is 2.99. The largest absolute Gasteiger partial charge is 0.344 e. The first-order valence-electron chi connectivity index (χ1n) is 8.79. The van der Waals surface area contributed by atoms with Gasteiger partial charge in [0.05, 0.1) is 4.90 Å². The van der Waals surface area contributed by atoms with Crippen LogP contribution in [0.1, 0.15) is 24.4 Å². The third-order valence-corrected chi connectivity index (χ3v) is 7.12. The van der Waals surface area contributed by atoms with Crippen LogP contribution >= 0.6 is 0 Å². The molecule has 4 rings (SSSR count). The molecule has 0 atom stereocenters. The summed E-state index contributed by atoms with van der Waals surface area (Å²) in [5.74, 6) is -0.433. The predicted octanol–water partition coefficient (Wildman–Crippen LogP) is 4.11. The first-order valence-corrected chi connectivity index (χ1v) is 10.2. The van der Waals surface area contributed by atoms with Crippen molar-refractivity contribution in [3.8, 4) is 0 Å². The molecule has 0 N–H and O–H groups in total. The van der Waals surface area contributed by atoms with Crippen molar-refractivity contribution in [3.63, 3.8) is 0 Å². The number of hydrogen-bond acceptors (Lipinski definition) is 2. The molecule has 26 heavy (non-hydrogen) atoms. The van der Waals surface area contributed by atoms with E-state index in [4.69, 9.17) is 0 Å². The van der Waals surface area contributed by atoms with Crippen LogP contribution in [-0.4, -0.2) is 30.4 Å². The summed E-state index contributed by atoms with van der Waals surface area (Å²) >= 11 is 0. The van der Waals surface area contributed by atoms with E-state index in [1.807, 2.05) is 12.1 Å². The molecule has 3 aromatic rings. The van der Waals surface area contributed by atoms with Crippen LogP contribution in [0.2, 0.25) is 0 Å². The molecule has 0 saturated carbocycles. The van der Waals surface area contributed by atoms with Crippen molar-refractivity contribution in [1.82, 2.24) is 8.87 Å². The maximum absolute atomic E-state index is 13.1. The number of para-hydroxylation sites is 1. The molecule has 2 aromatic carbocycles. The highest BCUT2D eigenvalue weighted by molar-refractivity contribution is 7.89. The summed E-state index contributed by atoms with van der Waals surface area (Å²) in [6.07, 6.45) is 3.69. The minimum atomic E-state index is -3.56. The fourth-order valence-corrected chi connectivity index (χ4v) is 5.27. The van der Waals surface area contributed by atoms with E-state index in [1.165, 1.54) is 45.0 Å². The summed E-state index contributed by atoms with van der Waals surface area (Å²) in [4.78, 5) is 0.152. The second-order valence-corrected chi connectivity index (χ2v) is 8.76. The van der Waals surface area contributed by atoms with Gasteiger partial charge in [-0.25, -0.2) is 12.8 Å². The number of hydrogen-bond donors (Lipinski definition) is 0. The van der Waals surface area contributed by atoms with E-state index in [0.717, 1.165) is 12.8 Å². The number of fused-ring (bicyclic) bond motifs is 1. The first kappa shape index (κ1) is 17.2. The quantitative estimate of drug-likeness (QED) is 0.694. The lowest BCUT2D eigenvalue weighted by molar-refractivity contribution is 0.278. The highest BCUT2D eigenvalue weighted by atomic mass is 32.2. The van der Waals surface area contributed by atoms with Crippen LogP contribution in [0.25, 0.3) is 10.9 Å². The van der Waals surface area contributed by atoms with Crippen molar-refractivity contribution in [1.29, 1.82) is 0 Å². The zero-order chi connectivity index (χ0) is 18.3. The molecule has 2 heterocycles. The Balaban J connectivity index is 1.54. The van der Waals surface area contributed by atoms with Gasteiger partial charge in [0.2, 0.25) is 10.0 Å². The van der Waals surface area contributed by atoms with Crippen LogP contribution in [0.3, 0.4) is 0 Å². The second-order valence-electron chi connectivity index (χ2n) is 6.83. The molecule has 0 aliphatic carbocycles. The first-order chi connectivity index (χ1) is 12.5.